The number of benzene rings is 1. The minimum Gasteiger partial charge on any atom is -0.484 e. The monoisotopic (exact) mass is 259 g/mol. The van der Waals surface area contributed by atoms with Gasteiger partial charge in [-0.05, 0) is 26.0 Å². The molecule has 0 radical (unpaired) electrons. The average Bonchev–Trinajstić information content (AvgIpc) is 2.75. The number of para-hydroxylation sites is 1. The van der Waals surface area contributed by atoms with Crippen molar-refractivity contribution in [2.75, 3.05) is 6.61 Å². The van der Waals surface area contributed by atoms with Gasteiger partial charge in [-0.1, -0.05) is 18.2 Å². The highest BCUT2D eigenvalue weighted by Gasteiger charge is 2.08. The van der Waals surface area contributed by atoms with Crippen LogP contribution in [-0.4, -0.2) is 22.7 Å². The zero-order valence-corrected chi connectivity index (χ0v) is 11.1. The first-order chi connectivity index (χ1) is 9.16. The maximum Gasteiger partial charge on any atom is 0.258 e. The number of carbonyl (C=O) groups is 1. The summed E-state index contributed by atoms with van der Waals surface area (Å²) in [6.45, 7) is 4.32. The van der Waals surface area contributed by atoms with Crippen molar-refractivity contribution in [3.8, 4) is 5.75 Å². The van der Waals surface area contributed by atoms with Gasteiger partial charge in [0, 0.05) is 17.8 Å². The first-order valence-corrected chi connectivity index (χ1v) is 6.12. The Morgan fingerprint density at radius 2 is 2.05 bits per heavy atom. The summed E-state index contributed by atoms with van der Waals surface area (Å²) < 4.78 is 5.36. The smallest absolute Gasteiger partial charge is 0.258 e. The van der Waals surface area contributed by atoms with E-state index in [-0.39, 0.29) is 12.5 Å². The SMILES string of the molecule is Cc1n[nH]c(C)c1CNC(=O)COc1ccccc1. The van der Waals surface area contributed by atoms with Crippen LogP contribution in [0.2, 0.25) is 0 Å². The Kier molecular flexibility index (Phi) is 4.18. The highest BCUT2D eigenvalue weighted by molar-refractivity contribution is 5.77. The maximum absolute atomic E-state index is 11.7. The highest BCUT2D eigenvalue weighted by Crippen LogP contribution is 2.09. The van der Waals surface area contributed by atoms with Gasteiger partial charge < -0.3 is 10.1 Å². The molecule has 5 nitrogen and oxygen atoms in total. The molecule has 1 aromatic carbocycles. The molecular weight excluding hydrogens is 242 g/mol. The molecule has 100 valence electrons. The normalized spacial score (nSPS) is 10.2. The van der Waals surface area contributed by atoms with Crippen LogP contribution in [0.3, 0.4) is 0 Å². The number of hydrogen-bond acceptors (Lipinski definition) is 3. The summed E-state index contributed by atoms with van der Waals surface area (Å²) in [6, 6.07) is 9.27. The Balaban J connectivity index is 1.79. The van der Waals surface area contributed by atoms with Crippen LogP contribution in [0.15, 0.2) is 30.3 Å². The Hall–Kier alpha value is -2.30. The summed E-state index contributed by atoms with van der Waals surface area (Å²) in [4.78, 5) is 11.7. The number of hydrogen-bond donors (Lipinski definition) is 2. The molecule has 0 saturated heterocycles. The summed E-state index contributed by atoms with van der Waals surface area (Å²) in [5.74, 6) is 0.539. The maximum atomic E-state index is 11.7. The van der Waals surface area contributed by atoms with Gasteiger partial charge >= 0.3 is 0 Å². The van der Waals surface area contributed by atoms with E-state index in [0.29, 0.717) is 12.3 Å². The number of aromatic amines is 1. The number of rotatable bonds is 5. The predicted octanol–water partition coefficient (Wildman–Crippen LogP) is 1.72. The molecule has 19 heavy (non-hydrogen) atoms. The predicted molar refractivity (Wildman–Crippen MR) is 71.8 cm³/mol. The van der Waals surface area contributed by atoms with E-state index in [1.807, 2.05) is 44.2 Å². The third-order valence-electron chi connectivity index (χ3n) is 2.86. The molecule has 0 aliphatic heterocycles. The lowest BCUT2D eigenvalue weighted by molar-refractivity contribution is -0.123. The second-order valence-electron chi connectivity index (χ2n) is 4.29. The summed E-state index contributed by atoms with van der Waals surface area (Å²) in [5.41, 5.74) is 2.90. The minimum atomic E-state index is -0.149. The number of aromatic nitrogens is 2. The third kappa shape index (κ3) is 3.58. The minimum absolute atomic E-state index is 0.0138. The molecule has 0 bridgehead atoms. The zero-order chi connectivity index (χ0) is 13.7. The van der Waals surface area contributed by atoms with E-state index in [4.69, 9.17) is 4.74 Å². The Labute approximate surface area is 112 Å². The standard InChI is InChI=1S/C14H17N3O2/c1-10-13(11(2)17-16-10)8-15-14(18)9-19-12-6-4-3-5-7-12/h3-7H,8-9H2,1-2H3,(H,15,18)(H,16,17). The van der Waals surface area contributed by atoms with E-state index in [2.05, 4.69) is 15.5 Å². The molecule has 0 aliphatic rings. The molecule has 0 atom stereocenters. The van der Waals surface area contributed by atoms with Crippen LogP contribution < -0.4 is 10.1 Å². The van der Waals surface area contributed by atoms with E-state index >= 15 is 0 Å². The van der Waals surface area contributed by atoms with Gasteiger partial charge in [0.25, 0.3) is 5.91 Å². The van der Waals surface area contributed by atoms with E-state index < -0.39 is 0 Å². The number of nitrogens with one attached hydrogen (secondary N) is 2. The fraction of sp³-hybridized carbons (Fsp3) is 0.286. The van der Waals surface area contributed by atoms with Gasteiger partial charge in [0.2, 0.25) is 0 Å². The quantitative estimate of drug-likeness (QED) is 0.859. The van der Waals surface area contributed by atoms with Crippen molar-refractivity contribution >= 4 is 5.91 Å². The second-order valence-corrected chi connectivity index (χ2v) is 4.29. The summed E-state index contributed by atoms with van der Waals surface area (Å²) in [7, 11) is 0. The first-order valence-electron chi connectivity index (χ1n) is 6.12. The Morgan fingerprint density at radius 1 is 1.32 bits per heavy atom. The van der Waals surface area contributed by atoms with Crippen molar-refractivity contribution in [1.82, 2.24) is 15.5 Å². The number of ether oxygens (including phenoxy) is 1. The largest absolute Gasteiger partial charge is 0.484 e. The average molecular weight is 259 g/mol. The molecule has 1 heterocycles. The fourth-order valence-corrected chi connectivity index (χ4v) is 1.74. The fourth-order valence-electron chi connectivity index (χ4n) is 1.74. The molecule has 0 aliphatic carbocycles. The lowest BCUT2D eigenvalue weighted by Crippen LogP contribution is -2.28. The number of aryl methyl sites for hydroxylation is 2. The van der Waals surface area contributed by atoms with Crippen LogP contribution in [0, 0.1) is 13.8 Å². The molecule has 2 rings (SSSR count). The van der Waals surface area contributed by atoms with Crippen molar-refractivity contribution in [3.63, 3.8) is 0 Å². The second kappa shape index (κ2) is 6.04. The number of nitrogens with zero attached hydrogens (tertiary/aromatic N) is 1. The van der Waals surface area contributed by atoms with Gasteiger partial charge in [-0.15, -0.1) is 0 Å². The van der Waals surface area contributed by atoms with Gasteiger partial charge in [-0.2, -0.15) is 5.10 Å². The third-order valence-corrected chi connectivity index (χ3v) is 2.86. The molecule has 0 saturated carbocycles. The highest BCUT2D eigenvalue weighted by atomic mass is 16.5. The van der Waals surface area contributed by atoms with Gasteiger partial charge in [-0.25, -0.2) is 0 Å². The summed E-state index contributed by atoms with van der Waals surface area (Å²) in [5, 5.41) is 9.78. The Bertz CT molecular complexity index is 530. The van der Waals surface area contributed by atoms with Gasteiger partial charge in [0.05, 0.1) is 5.69 Å². The number of H-pyrrole nitrogens is 1. The zero-order valence-electron chi connectivity index (χ0n) is 11.1. The van der Waals surface area contributed by atoms with Crippen LogP contribution in [-0.2, 0) is 11.3 Å². The Morgan fingerprint density at radius 3 is 2.68 bits per heavy atom. The van der Waals surface area contributed by atoms with Crippen LogP contribution >= 0.6 is 0 Å². The molecule has 1 aromatic heterocycles. The van der Waals surface area contributed by atoms with Crippen LogP contribution in [0.25, 0.3) is 0 Å². The molecule has 0 unspecified atom stereocenters. The molecule has 1 amide bonds. The van der Waals surface area contributed by atoms with Crippen molar-refractivity contribution in [3.05, 3.63) is 47.3 Å². The van der Waals surface area contributed by atoms with Crippen molar-refractivity contribution in [2.24, 2.45) is 0 Å². The first kappa shape index (κ1) is 13.1. The van der Waals surface area contributed by atoms with E-state index in [0.717, 1.165) is 17.0 Å². The lowest BCUT2D eigenvalue weighted by Gasteiger charge is -2.07. The van der Waals surface area contributed by atoms with E-state index in [9.17, 15) is 4.79 Å². The van der Waals surface area contributed by atoms with Crippen molar-refractivity contribution in [2.45, 2.75) is 20.4 Å². The number of amides is 1. The summed E-state index contributed by atoms with van der Waals surface area (Å²) >= 11 is 0. The lowest BCUT2D eigenvalue weighted by atomic mass is 10.2. The molecule has 5 heteroatoms. The molecule has 0 fully saturated rings. The van der Waals surface area contributed by atoms with Crippen molar-refractivity contribution in [1.29, 1.82) is 0 Å². The van der Waals surface area contributed by atoms with Crippen LogP contribution in [0.4, 0.5) is 0 Å². The van der Waals surface area contributed by atoms with E-state index in [1.165, 1.54) is 0 Å². The molecule has 2 N–H and O–H groups in total. The summed E-state index contributed by atoms with van der Waals surface area (Å²) in [6.07, 6.45) is 0. The molecule has 0 spiro atoms. The van der Waals surface area contributed by atoms with Crippen molar-refractivity contribution < 1.29 is 9.53 Å². The molecule has 2 aromatic rings. The number of carbonyl (C=O) groups excluding carboxylic acids is 1. The molecular formula is C14H17N3O2. The van der Waals surface area contributed by atoms with Gasteiger partial charge in [-0.3, -0.25) is 9.89 Å². The topological polar surface area (TPSA) is 67.0 Å². The van der Waals surface area contributed by atoms with Crippen LogP contribution in [0.5, 0.6) is 5.75 Å². The van der Waals surface area contributed by atoms with Crippen LogP contribution in [0.1, 0.15) is 17.0 Å². The van der Waals surface area contributed by atoms with Gasteiger partial charge in [0.15, 0.2) is 6.61 Å². The van der Waals surface area contributed by atoms with E-state index in [1.54, 1.807) is 0 Å². The van der Waals surface area contributed by atoms with Gasteiger partial charge in [0.1, 0.15) is 5.75 Å².